The normalized spacial score (nSPS) is 17.9. The van der Waals surface area contributed by atoms with Gasteiger partial charge < -0.3 is 20.2 Å². The molecular weight excluding hydrogens is 194 g/mol. The van der Waals surface area contributed by atoms with E-state index in [-0.39, 0.29) is 12.6 Å². The molecule has 0 spiro atoms. The monoisotopic (exact) mass is 215 g/mol. The number of unbranched alkanes of at least 4 members (excludes halogenated alkanes) is 1. The van der Waals surface area contributed by atoms with Gasteiger partial charge in [-0.05, 0) is 19.9 Å². The summed E-state index contributed by atoms with van der Waals surface area (Å²) in [7, 11) is 2.07. The molecule has 1 rings (SSSR count). The average molecular weight is 215 g/mol. The molecule has 0 aromatic rings. The molecule has 5 heteroatoms. The van der Waals surface area contributed by atoms with Gasteiger partial charge in [0.1, 0.15) is 0 Å². The van der Waals surface area contributed by atoms with E-state index >= 15 is 0 Å². The number of likely N-dealkylation sites (N-methyl/N-ethyl adjacent to an activating group) is 1. The number of carbonyl (C=O) groups excluding carboxylic acids is 1. The number of amides is 2. The van der Waals surface area contributed by atoms with Crippen LogP contribution in [0.2, 0.25) is 0 Å². The molecule has 0 atom stereocenters. The standard InChI is InChI=1S/C10H21N3O2/c1-12-5-7-13(8-6-12)10(15)11-4-2-3-9-14/h14H,2-9H2,1H3,(H,11,15). The third kappa shape index (κ3) is 4.48. The van der Waals surface area contributed by atoms with Crippen LogP contribution < -0.4 is 5.32 Å². The molecule has 0 aromatic carbocycles. The number of piperazine rings is 1. The SMILES string of the molecule is CN1CCN(C(=O)NCCCCO)CC1. The number of nitrogens with one attached hydrogen (secondary N) is 1. The Hall–Kier alpha value is -0.810. The molecule has 88 valence electrons. The number of hydrogen-bond donors (Lipinski definition) is 2. The Morgan fingerprint density at radius 2 is 1.93 bits per heavy atom. The topological polar surface area (TPSA) is 55.8 Å². The fourth-order valence-electron chi connectivity index (χ4n) is 1.55. The second-order valence-electron chi connectivity index (χ2n) is 3.95. The Morgan fingerprint density at radius 3 is 2.53 bits per heavy atom. The highest BCUT2D eigenvalue weighted by Gasteiger charge is 2.17. The zero-order chi connectivity index (χ0) is 11.1. The molecule has 0 saturated carbocycles. The van der Waals surface area contributed by atoms with Gasteiger partial charge in [-0.15, -0.1) is 0 Å². The first-order valence-corrected chi connectivity index (χ1v) is 5.56. The molecule has 1 fully saturated rings. The fourth-order valence-corrected chi connectivity index (χ4v) is 1.55. The summed E-state index contributed by atoms with van der Waals surface area (Å²) in [4.78, 5) is 15.7. The lowest BCUT2D eigenvalue weighted by Crippen LogP contribution is -2.50. The smallest absolute Gasteiger partial charge is 0.317 e. The molecule has 15 heavy (non-hydrogen) atoms. The first-order chi connectivity index (χ1) is 7.24. The van der Waals surface area contributed by atoms with E-state index in [1.165, 1.54) is 0 Å². The molecule has 2 N–H and O–H groups in total. The Kier molecular flexibility index (Phi) is 5.42. The van der Waals surface area contributed by atoms with Crippen LogP contribution in [0, 0.1) is 0 Å². The van der Waals surface area contributed by atoms with Crippen molar-refractivity contribution in [1.29, 1.82) is 0 Å². The second-order valence-corrected chi connectivity index (χ2v) is 3.95. The van der Waals surface area contributed by atoms with Crippen molar-refractivity contribution >= 4 is 6.03 Å². The molecule has 0 radical (unpaired) electrons. The van der Waals surface area contributed by atoms with Crippen molar-refractivity contribution in [3.05, 3.63) is 0 Å². The fraction of sp³-hybridized carbons (Fsp3) is 0.900. The van der Waals surface area contributed by atoms with Gasteiger partial charge in [-0.25, -0.2) is 4.79 Å². The van der Waals surface area contributed by atoms with Crippen molar-refractivity contribution < 1.29 is 9.90 Å². The van der Waals surface area contributed by atoms with Gasteiger partial charge in [0.2, 0.25) is 0 Å². The zero-order valence-corrected chi connectivity index (χ0v) is 9.41. The number of rotatable bonds is 4. The van der Waals surface area contributed by atoms with Gasteiger partial charge in [-0.2, -0.15) is 0 Å². The minimum Gasteiger partial charge on any atom is -0.396 e. The largest absolute Gasteiger partial charge is 0.396 e. The van der Waals surface area contributed by atoms with Crippen molar-refractivity contribution in [2.24, 2.45) is 0 Å². The molecule has 0 unspecified atom stereocenters. The van der Waals surface area contributed by atoms with Crippen LogP contribution in [-0.2, 0) is 0 Å². The van der Waals surface area contributed by atoms with E-state index in [0.717, 1.165) is 39.0 Å². The number of hydrogen-bond acceptors (Lipinski definition) is 3. The Balaban J connectivity index is 2.11. The highest BCUT2D eigenvalue weighted by Crippen LogP contribution is 1.99. The third-order valence-corrected chi connectivity index (χ3v) is 2.65. The van der Waals surface area contributed by atoms with E-state index in [1.54, 1.807) is 0 Å². The predicted molar refractivity (Wildman–Crippen MR) is 58.8 cm³/mol. The number of urea groups is 1. The lowest BCUT2D eigenvalue weighted by molar-refractivity contribution is 0.154. The summed E-state index contributed by atoms with van der Waals surface area (Å²) in [6.45, 7) is 4.37. The maximum atomic E-state index is 11.6. The van der Waals surface area contributed by atoms with Gasteiger partial charge in [0.25, 0.3) is 0 Å². The summed E-state index contributed by atoms with van der Waals surface area (Å²) in [6, 6.07) is 0.0287. The molecule has 0 aliphatic carbocycles. The first-order valence-electron chi connectivity index (χ1n) is 5.56. The van der Waals surface area contributed by atoms with Crippen LogP contribution in [-0.4, -0.2) is 67.3 Å². The lowest BCUT2D eigenvalue weighted by Gasteiger charge is -2.32. The van der Waals surface area contributed by atoms with Crippen LogP contribution in [0.3, 0.4) is 0 Å². The molecular formula is C10H21N3O2. The van der Waals surface area contributed by atoms with Gasteiger partial charge in [-0.1, -0.05) is 0 Å². The van der Waals surface area contributed by atoms with Crippen LogP contribution in [0.4, 0.5) is 4.79 Å². The van der Waals surface area contributed by atoms with E-state index < -0.39 is 0 Å². The third-order valence-electron chi connectivity index (χ3n) is 2.65. The van der Waals surface area contributed by atoms with Gasteiger partial charge in [0.05, 0.1) is 0 Å². The number of aliphatic hydroxyl groups is 1. The molecule has 2 amide bonds. The van der Waals surface area contributed by atoms with Gasteiger partial charge in [0, 0.05) is 39.3 Å². The van der Waals surface area contributed by atoms with E-state index in [1.807, 2.05) is 4.90 Å². The molecule has 1 saturated heterocycles. The summed E-state index contributed by atoms with van der Waals surface area (Å²) < 4.78 is 0. The Morgan fingerprint density at radius 1 is 1.27 bits per heavy atom. The molecule has 1 aliphatic heterocycles. The van der Waals surface area contributed by atoms with Crippen LogP contribution in [0.25, 0.3) is 0 Å². The van der Waals surface area contributed by atoms with Gasteiger partial charge in [0.15, 0.2) is 0 Å². The van der Waals surface area contributed by atoms with Crippen molar-refractivity contribution in [1.82, 2.24) is 15.1 Å². The van der Waals surface area contributed by atoms with E-state index in [9.17, 15) is 4.79 Å². The van der Waals surface area contributed by atoms with Gasteiger partial charge >= 0.3 is 6.03 Å². The summed E-state index contributed by atoms with van der Waals surface area (Å²) in [5.41, 5.74) is 0. The second kappa shape index (κ2) is 6.63. The quantitative estimate of drug-likeness (QED) is 0.634. The van der Waals surface area contributed by atoms with E-state index in [4.69, 9.17) is 5.11 Å². The molecule has 0 bridgehead atoms. The van der Waals surface area contributed by atoms with Crippen molar-refractivity contribution in [3.63, 3.8) is 0 Å². The predicted octanol–water partition coefficient (Wildman–Crippen LogP) is -0.284. The highest BCUT2D eigenvalue weighted by molar-refractivity contribution is 5.74. The molecule has 1 heterocycles. The Labute approximate surface area is 91.0 Å². The zero-order valence-electron chi connectivity index (χ0n) is 9.41. The van der Waals surface area contributed by atoms with Crippen LogP contribution in [0.15, 0.2) is 0 Å². The summed E-state index contributed by atoms with van der Waals surface area (Å²) >= 11 is 0. The van der Waals surface area contributed by atoms with E-state index in [2.05, 4.69) is 17.3 Å². The highest BCUT2D eigenvalue weighted by atomic mass is 16.3. The molecule has 1 aliphatic rings. The number of nitrogens with zero attached hydrogens (tertiary/aromatic N) is 2. The maximum Gasteiger partial charge on any atom is 0.317 e. The summed E-state index contributed by atoms with van der Waals surface area (Å²) in [6.07, 6.45) is 1.60. The van der Waals surface area contributed by atoms with Crippen molar-refractivity contribution in [2.75, 3.05) is 46.4 Å². The van der Waals surface area contributed by atoms with Crippen molar-refractivity contribution in [2.45, 2.75) is 12.8 Å². The van der Waals surface area contributed by atoms with Crippen LogP contribution in [0.1, 0.15) is 12.8 Å². The Bertz CT molecular complexity index is 191. The number of aliphatic hydroxyl groups excluding tert-OH is 1. The average Bonchev–Trinajstić information content (AvgIpc) is 2.25. The lowest BCUT2D eigenvalue weighted by atomic mass is 10.3. The minimum atomic E-state index is 0.0287. The van der Waals surface area contributed by atoms with Crippen molar-refractivity contribution in [3.8, 4) is 0 Å². The minimum absolute atomic E-state index is 0.0287. The van der Waals surface area contributed by atoms with E-state index in [0.29, 0.717) is 6.54 Å². The molecule has 5 nitrogen and oxygen atoms in total. The molecule has 0 aromatic heterocycles. The van der Waals surface area contributed by atoms with Crippen LogP contribution >= 0.6 is 0 Å². The van der Waals surface area contributed by atoms with Crippen LogP contribution in [0.5, 0.6) is 0 Å². The maximum absolute atomic E-state index is 11.6. The summed E-state index contributed by atoms with van der Waals surface area (Å²) in [5, 5.41) is 11.4. The first kappa shape index (κ1) is 12.3. The number of carbonyl (C=O) groups is 1. The van der Waals surface area contributed by atoms with Gasteiger partial charge in [-0.3, -0.25) is 0 Å². The summed E-state index contributed by atoms with van der Waals surface area (Å²) in [5.74, 6) is 0.